The van der Waals surface area contributed by atoms with E-state index >= 15 is 0 Å². The van der Waals surface area contributed by atoms with E-state index in [2.05, 4.69) is 6.26 Å². The number of benzene rings is 1. The van der Waals surface area contributed by atoms with Crippen LogP contribution in [0.3, 0.4) is 0 Å². The van der Waals surface area contributed by atoms with Crippen molar-refractivity contribution in [1.82, 2.24) is 0 Å². The van der Waals surface area contributed by atoms with Crippen molar-refractivity contribution >= 4 is 35.3 Å². The lowest BCUT2D eigenvalue weighted by molar-refractivity contribution is 0.203. The predicted octanol–water partition coefficient (Wildman–Crippen LogP) is 3.21. The fourth-order valence-electron chi connectivity index (χ4n) is 1.00. The molecule has 0 fully saturated rings. The van der Waals surface area contributed by atoms with Gasteiger partial charge in [0.15, 0.2) is 0 Å². The average molecular weight is 243 g/mol. The maximum Gasteiger partial charge on any atom is 0.411 e. The molecule has 0 spiro atoms. The molecule has 0 saturated carbocycles. The highest BCUT2D eigenvalue weighted by Crippen LogP contribution is 2.24. The molecule has 0 aliphatic carbocycles. The molecule has 0 heterocycles. The van der Waals surface area contributed by atoms with Crippen LogP contribution in [0.25, 0.3) is 0 Å². The average Bonchev–Trinajstić information content (AvgIpc) is 2.26. The molecule has 0 aliphatic rings. The molecule has 0 bridgehead atoms. The van der Waals surface area contributed by atoms with Crippen molar-refractivity contribution in [2.75, 3.05) is 23.3 Å². The largest absolute Gasteiger partial charge is 0.465 e. The van der Waals surface area contributed by atoms with Crippen LogP contribution >= 0.6 is 23.5 Å². The van der Waals surface area contributed by atoms with Crippen molar-refractivity contribution in [2.24, 2.45) is 0 Å². The van der Waals surface area contributed by atoms with Crippen molar-refractivity contribution < 1.29 is 9.90 Å². The highest BCUT2D eigenvalue weighted by Gasteiger charge is 2.07. The lowest BCUT2D eigenvalue weighted by atomic mass is 10.3. The SMILES string of the molecule is CSCSc1ccc(N(C)C(=O)O)cc1. The Morgan fingerprint density at radius 2 is 2.00 bits per heavy atom. The molecule has 0 radical (unpaired) electrons. The van der Waals surface area contributed by atoms with E-state index in [0.717, 1.165) is 9.98 Å². The Balaban J connectivity index is 2.67. The maximum atomic E-state index is 10.7. The van der Waals surface area contributed by atoms with E-state index in [-0.39, 0.29) is 0 Å². The summed E-state index contributed by atoms with van der Waals surface area (Å²) in [6, 6.07) is 7.51. The number of hydrogen-bond acceptors (Lipinski definition) is 3. The zero-order valence-electron chi connectivity index (χ0n) is 8.64. The highest BCUT2D eigenvalue weighted by atomic mass is 32.2. The molecule has 0 saturated heterocycles. The van der Waals surface area contributed by atoms with Gasteiger partial charge in [-0.1, -0.05) is 0 Å². The van der Waals surface area contributed by atoms with Crippen molar-refractivity contribution in [1.29, 1.82) is 0 Å². The number of carbonyl (C=O) groups is 1. The molecule has 5 heteroatoms. The topological polar surface area (TPSA) is 40.5 Å². The molecule has 0 aliphatic heterocycles. The molecule has 0 unspecified atom stereocenters. The Labute approximate surface area is 97.9 Å². The van der Waals surface area contributed by atoms with Crippen LogP contribution in [0.5, 0.6) is 0 Å². The molecule has 0 atom stereocenters. The Morgan fingerprint density at radius 3 is 2.47 bits per heavy atom. The molecule has 15 heavy (non-hydrogen) atoms. The molecule has 1 rings (SSSR count). The second kappa shape index (κ2) is 5.92. The molecule has 82 valence electrons. The van der Waals surface area contributed by atoms with Crippen LogP contribution < -0.4 is 4.90 Å². The summed E-state index contributed by atoms with van der Waals surface area (Å²) in [7, 11) is 1.53. The molecular formula is C10H13NO2S2. The van der Waals surface area contributed by atoms with E-state index in [4.69, 9.17) is 5.11 Å². The Bertz CT molecular complexity index is 327. The van der Waals surface area contributed by atoms with Gasteiger partial charge in [-0.2, -0.15) is 11.8 Å². The molecule has 1 amide bonds. The monoisotopic (exact) mass is 243 g/mol. The van der Waals surface area contributed by atoms with Crippen LogP contribution in [-0.2, 0) is 0 Å². The predicted molar refractivity (Wildman–Crippen MR) is 67.1 cm³/mol. The first kappa shape index (κ1) is 12.3. The summed E-state index contributed by atoms with van der Waals surface area (Å²) < 4.78 is 0. The van der Waals surface area contributed by atoms with Gasteiger partial charge >= 0.3 is 6.09 Å². The molecule has 3 nitrogen and oxygen atoms in total. The normalized spacial score (nSPS) is 10.0. The molecule has 1 N–H and O–H groups in total. The highest BCUT2D eigenvalue weighted by molar-refractivity contribution is 8.15. The molecular weight excluding hydrogens is 230 g/mol. The van der Waals surface area contributed by atoms with E-state index in [0.29, 0.717) is 5.69 Å². The van der Waals surface area contributed by atoms with Crippen molar-refractivity contribution in [3.8, 4) is 0 Å². The number of hydrogen-bond donors (Lipinski definition) is 1. The van der Waals surface area contributed by atoms with E-state index in [1.165, 1.54) is 11.9 Å². The third kappa shape index (κ3) is 3.68. The first-order valence-electron chi connectivity index (χ1n) is 4.33. The van der Waals surface area contributed by atoms with Gasteiger partial charge in [-0.25, -0.2) is 4.79 Å². The Hall–Kier alpha value is -0.810. The minimum Gasteiger partial charge on any atom is -0.465 e. The summed E-state index contributed by atoms with van der Waals surface area (Å²) in [5.41, 5.74) is 0.691. The van der Waals surface area contributed by atoms with Gasteiger partial charge < -0.3 is 5.11 Å². The Kier molecular flexibility index (Phi) is 4.84. The fourth-order valence-corrected chi connectivity index (χ4v) is 2.35. The van der Waals surface area contributed by atoms with E-state index in [9.17, 15) is 4.79 Å². The zero-order valence-corrected chi connectivity index (χ0v) is 10.3. The smallest absolute Gasteiger partial charge is 0.411 e. The second-order valence-electron chi connectivity index (χ2n) is 2.89. The van der Waals surface area contributed by atoms with E-state index in [1.807, 2.05) is 24.3 Å². The number of carboxylic acid groups (broad SMARTS) is 1. The minimum atomic E-state index is -0.945. The summed E-state index contributed by atoms with van der Waals surface area (Å²) in [6.07, 6.45) is 1.11. The van der Waals surface area contributed by atoms with Gasteiger partial charge in [-0.05, 0) is 30.5 Å². The summed E-state index contributed by atoms with van der Waals surface area (Å²) in [5.74, 6) is 0. The van der Waals surface area contributed by atoms with Crippen LogP contribution in [0, 0.1) is 0 Å². The Morgan fingerprint density at radius 1 is 1.40 bits per heavy atom. The number of nitrogens with zero attached hydrogens (tertiary/aromatic N) is 1. The van der Waals surface area contributed by atoms with Crippen LogP contribution in [-0.4, -0.2) is 29.6 Å². The summed E-state index contributed by atoms with van der Waals surface area (Å²) >= 11 is 3.52. The van der Waals surface area contributed by atoms with Gasteiger partial charge in [0.2, 0.25) is 0 Å². The third-order valence-corrected chi connectivity index (χ3v) is 3.87. The molecule has 0 aromatic heterocycles. The number of rotatable bonds is 4. The first-order valence-corrected chi connectivity index (χ1v) is 6.71. The second-order valence-corrected chi connectivity index (χ2v) is 5.17. The minimum absolute atomic E-state index is 0.691. The lowest BCUT2D eigenvalue weighted by Crippen LogP contribution is -2.23. The fraction of sp³-hybridized carbons (Fsp3) is 0.300. The van der Waals surface area contributed by atoms with Crippen molar-refractivity contribution in [3.05, 3.63) is 24.3 Å². The molecule has 1 aromatic rings. The van der Waals surface area contributed by atoms with Crippen LogP contribution in [0.4, 0.5) is 10.5 Å². The number of amides is 1. The van der Waals surface area contributed by atoms with E-state index in [1.54, 1.807) is 23.5 Å². The third-order valence-electron chi connectivity index (χ3n) is 1.85. The number of anilines is 1. The van der Waals surface area contributed by atoms with Gasteiger partial charge in [0.05, 0.1) is 0 Å². The summed E-state index contributed by atoms with van der Waals surface area (Å²) in [5, 5.41) is 9.77. The maximum absolute atomic E-state index is 10.7. The van der Waals surface area contributed by atoms with Gasteiger partial charge in [0.25, 0.3) is 0 Å². The quantitative estimate of drug-likeness (QED) is 0.651. The van der Waals surface area contributed by atoms with Gasteiger partial charge in [0, 0.05) is 22.7 Å². The summed E-state index contributed by atoms with van der Waals surface area (Å²) in [6.45, 7) is 0. The number of thioether (sulfide) groups is 2. The first-order chi connectivity index (χ1) is 7.15. The zero-order chi connectivity index (χ0) is 11.3. The van der Waals surface area contributed by atoms with Crippen molar-refractivity contribution in [2.45, 2.75) is 4.90 Å². The van der Waals surface area contributed by atoms with Crippen LogP contribution in [0.15, 0.2) is 29.2 Å². The van der Waals surface area contributed by atoms with Crippen LogP contribution in [0.1, 0.15) is 0 Å². The van der Waals surface area contributed by atoms with Gasteiger partial charge in [-0.15, -0.1) is 11.8 Å². The van der Waals surface area contributed by atoms with Gasteiger partial charge in [-0.3, -0.25) is 4.90 Å². The standard InChI is InChI=1S/C10H13NO2S2/c1-11(10(12)13)8-3-5-9(6-4-8)15-7-14-2/h3-6H,7H2,1-2H3,(H,12,13). The lowest BCUT2D eigenvalue weighted by Gasteiger charge is -2.12. The van der Waals surface area contributed by atoms with Crippen molar-refractivity contribution in [3.63, 3.8) is 0 Å². The summed E-state index contributed by atoms with van der Waals surface area (Å²) in [4.78, 5) is 13.0. The molecule has 1 aromatic carbocycles. The van der Waals surface area contributed by atoms with E-state index < -0.39 is 6.09 Å². The van der Waals surface area contributed by atoms with Gasteiger partial charge in [0.1, 0.15) is 0 Å². The van der Waals surface area contributed by atoms with Crippen LogP contribution in [0.2, 0.25) is 0 Å².